The van der Waals surface area contributed by atoms with Gasteiger partial charge in [0.15, 0.2) is 0 Å². The van der Waals surface area contributed by atoms with E-state index in [4.69, 9.17) is 15.2 Å². The number of hydrogen-bond acceptors (Lipinski definition) is 6. The van der Waals surface area contributed by atoms with Gasteiger partial charge in [0.1, 0.15) is 12.4 Å². The Morgan fingerprint density at radius 3 is 2.48 bits per heavy atom. The minimum absolute atomic E-state index is 0.129. The Labute approximate surface area is 148 Å². The van der Waals surface area contributed by atoms with E-state index in [9.17, 15) is 14.7 Å². The summed E-state index contributed by atoms with van der Waals surface area (Å²) in [5, 5.41) is 11.9. The molecule has 7 nitrogen and oxygen atoms in total. The number of ether oxygens (including phenoxy) is 2. The Bertz CT molecular complexity index is 509. The largest absolute Gasteiger partial charge is 0.394 e. The molecule has 0 bridgehead atoms. The van der Waals surface area contributed by atoms with Crippen molar-refractivity contribution in [1.29, 1.82) is 0 Å². The van der Waals surface area contributed by atoms with Crippen LogP contribution in [0.3, 0.4) is 0 Å². The van der Waals surface area contributed by atoms with Crippen LogP contribution in [-0.2, 0) is 25.5 Å². The SMILES string of the molecule is CC(COC(C=O)Cc1ccccc1)OCC(CO)NC(=O)C(C)N. The summed E-state index contributed by atoms with van der Waals surface area (Å²) in [6.07, 6.45) is 0.444. The first kappa shape index (κ1) is 21.2. The zero-order valence-electron chi connectivity index (χ0n) is 14.8. The van der Waals surface area contributed by atoms with E-state index in [1.54, 1.807) is 13.8 Å². The molecule has 1 aromatic rings. The molecule has 0 heterocycles. The van der Waals surface area contributed by atoms with Gasteiger partial charge in [0, 0.05) is 6.42 Å². The van der Waals surface area contributed by atoms with Crippen molar-refractivity contribution in [3.63, 3.8) is 0 Å². The lowest BCUT2D eigenvalue weighted by Crippen LogP contribution is -2.47. The van der Waals surface area contributed by atoms with Crippen molar-refractivity contribution in [2.75, 3.05) is 19.8 Å². The molecule has 4 unspecified atom stereocenters. The molecule has 0 aliphatic heterocycles. The molecule has 1 amide bonds. The molecule has 0 aliphatic carbocycles. The van der Waals surface area contributed by atoms with Gasteiger partial charge in [-0.25, -0.2) is 0 Å². The van der Waals surface area contributed by atoms with Crippen molar-refractivity contribution >= 4 is 12.2 Å². The molecule has 1 aromatic carbocycles. The van der Waals surface area contributed by atoms with Crippen molar-refractivity contribution in [1.82, 2.24) is 5.32 Å². The maximum atomic E-state index is 11.5. The van der Waals surface area contributed by atoms with Crippen LogP contribution >= 0.6 is 0 Å². The molecule has 4 N–H and O–H groups in total. The number of aliphatic hydroxyl groups is 1. The number of hydrogen-bond donors (Lipinski definition) is 3. The fourth-order valence-corrected chi connectivity index (χ4v) is 2.05. The standard InChI is InChI=1S/C18H28N2O5/c1-13(24-12-16(9-21)20-18(23)14(2)19)11-25-17(10-22)8-15-6-4-3-5-7-15/h3-7,10,13-14,16-17,21H,8-9,11-12,19H2,1-2H3,(H,20,23). The average Bonchev–Trinajstić information content (AvgIpc) is 2.62. The normalized spacial score (nSPS) is 15.8. The number of aldehydes is 1. The number of carbonyl (C=O) groups excluding carboxylic acids is 2. The minimum atomic E-state index is -0.652. The first-order valence-corrected chi connectivity index (χ1v) is 8.35. The third-order valence-corrected chi connectivity index (χ3v) is 3.54. The van der Waals surface area contributed by atoms with Crippen molar-refractivity contribution in [2.24, 2.45) is 5.73 Å². The highest BCUT2D eigenvalue weighted by atomic mass is 16.5. The monoisotopic (exact) mass is 352 g/mol. The second-order valence-electron chi connectivity index (χ2n) is 6.02. The molecule has 0 aromatic heterocycles. The van der Waals surface area contributed by atoms with Crippen LogP contribution in [-0.4, -0.2) is 61.4 Å². The van der Waals surface area contributed by atoms with Crippen LogP contribution in [0.15, 0.2) is 30.3 Å². The molecule has 0 fully saturated rings. The lowest BCUT2D eigenvalue weighted by molar-refractivity contribution is -0.125. The number of amides is 1. The van der Waals surface area contributed by atoms with Crippen molar-refractivity contribution < 1.29 is 24.2 Å². The summed E-state index contributed by atoms with van der Waals surface area (Å²) >= 11 is 0. The number of nitrogens with two attached hydrogens (primary N) is 1. The van der Waals surface area contributed by atoms with Crippen molar-refractivity contribution in [3.8, 4) is 0 Å². The summed E-state index contributed by atoms with van der Waals surface area (Å²) in [4.78, 5) is 22.7. The minimum Gasteiger partial charge on any atom is -0.394 e. The van der Waals surface area contributed by atoms with Gasteiger partial charge < -0.3 is 30.4 Å². The molecule has 0 spiro atoms. The molecular weight excluding hydrogens is 324 g/mol. The van der Waals surface area contributed by atoms with Gasteiger partial charge >= 0.3 is 0 Å². The van der Waals surface area contributed by atoms with Crippen LogP contribution in [0.4, 0.5) is 0 Å². The second kappa shape index (κ2) is 11.7. The zero-order chi connectivity index (χ0) is 18.7. The number of nitrogens with one attached hydrogen (secondary N) is 1. The topological polar surface area (TPSA) is 111 Å². The predicted molar refractivity (Wildman–Crippen MR) is 94.0 cm³/mol. The van der Waals surface area contributed by atoms with Gasteiger partial charge in [-0.3, -0.25) is 4.79 Å². The van der Waals surface area contributed by atoms with Gasteiger partial charge in [-0.2, -0.15) is 0 Å². The van der Waals surface area contributed by atoms with E-state index in [2.05, 4.69) is 5.32 Å². The van der Waals surface area contributed by atoms with E-state index >= 15 is 0 Å². The Hall–Kier alpha value is -1.80. The average molecular weight is 352 g/mol. The number of aliphatic hydroxyl groups excluding tert-OH is 1. The lowest BCUT2D eigenvalue weighted by Gasteiger charge is -2.21. The summed E-state index contributed by atoms with van der Waals surface area (Å²) in [5.74, 6) is -0.351. The molecule has 140 valence electrons. The fraction of sp³-hybridized carbons (Fsp3) is 0.556. The number of rotatable bonds is 12. The Kier molecular flexibility index (Phi) is 9.94. The molecule has 0 saturated carbocycles. The smallest absolute Gasteiger partial charge is 0.237 e. The van der Waals surface area contributed by atoms with Crippen LogP contribution in [0.1, 0.15) is 19.4 Å². The summed E-state index contributed by atoms with van der Waals surface area (Å²) in [6.45, 7) is 3.47. The van der Waals surface area contributed by atoms with Gasteiger partial charge in [-0.15, -0.1) is 0 Å². The quantitative estimate of drug-likeness (QED) is 0.458. The molecular formula is C18H28N2O5. The van der Waals surface area contributed by atoms with Gasteiger partial charge in [0.05, 0.1) is 38.0 Å². The van der Waals surface area contributed by atoms with Crippen molar-refractivity contribution in [3.05, 3.63) is 35.9 Å². The third kappa shape index (κ3) is 8.74. The van der Waals surface area contributed by atoms with Crippen LogP contribution in [0, 0.1) is 0 Å². The highest BCUT2D eigenvalue weighted by Crippen LogP contribution is 2.06. The Balaban J connectivity index is 2.33. The van der Waals surface area contributed by atoms with Gasteiger partial charge in [0.25, 0.3) is 0 Å². The van der Waals surface area contributed by atoms with E-state index in [-0.39, 0.29) is 31.8 Å². The zero-order valence-corrected chi connectivity index (χ0v) is 14.8. The predicted octanol–water partition coefficient (Wildman–Crippen LogP) is 0.0426. The van der Waals surface area contributed by atoms with Crippen LogP contribution in [0.25, 0.3) is 0 Å². The molecule has 25 heavy (non-hydrogen) atoms. The maximum Gasteiger partial charge on any atom is 0.237 e. The highest BCUT2D eigenvalue weighted by molar-refractivity contribution is 5.81. The molecule has 0 radical (unpaired) electrons. The van der Waals surface area contributed by atoms with E-state index in [0.717, 1.165) is 11.8 Å². The molecule has 4 atom stereocenters. The number of benzene rings is 1. The Morgan fingerprint density at radius 1 is 1.24 bits per heavy atom. The summed E-state index contributed by atoms with van der Waals surface area (Å²) in [6, 6.07) is 8.42. The van der Waals surface area contributed by atoms with Gasteiger partial charge in [-0.1, -0.05) is 30.3 Å². The lowest BCUT2D eigenvalue weighted by atomic mass is 10.1. The maximum absolute atomic E-state index is 11.5. The van der Waals surface area contributed by atoms with E-state index < -0.39 is 18.2 Å². The van der Waals surface area contributed by atoms with E-state index in [1.807, 2.05) is 30.3 Å². The number of carbonyl (C=O) groups is 2. The molecule has 0 aliphatic rings. The first-order valence-electron chi connectivity index (χ1n) is 8.35. The summed E-state index contributed by atoms with van der Waals surface area (Å²) < 4.78 is 11.1. The van der Waals surface area contributed by atoms with E-state index in [1.165, 1.54) is 0 Å². The van der Waals surface area contributed by atoms with Crippen LogP contribution in [0.2, 0.25) is 0 Å². The molecule has 1 rings (SSSR count). The third-order valence-electron chi connectivity index (χ3n) is 3.54. The molecule has 0 saturated heterocycles. The van der Waals surface area contributed by atoms with Gasteiger partial charge in [0.2, 0.25) is 5.91 Å². The van der Waals surface area contributed by atoms with E-state index in [0.29, 0.717) is 6.42 Å². The summed E-state index contributed by atoms with van der Waals surface area (Å²) in [7, 11) is 0. The second-order valence-corrected chi connectivity index (χ2v) is 6.02. The van der Waals surface area contributed by atoms with Crippen molar-refractivity contribution in [2.45, 2.75) is 44.6 Å². The Morgan fingerprint density at radius 2 is 1.92 bits per heavy atom. The summed E-state index contributed by atoms with van der Waals surface area (Å²) in [5.41, 5.74) is 6.49. The van der Waals surface area contributed by atoms with Gasteiger partial charge in [-0.05, 0) is 19.4 Å². The first-order chi connectivity index (χ1) is 12.0. The fourth-order valence-electron chi connectivity index (χ4n) is 2.05. The van der Waals surface area contributed by atoms with Crippen LogP contribution in [0.5, 0.6) is 0 Å². The van der Waals surface area contributed by atoms with Crippen LogP contribution < -0.4 is 11.1 Å². The molecule has 7 heteroatoms. The highest BCUT2D eigenvalue weighted by Gasteiger charge is 2.17.